The summed E-state index contributed by atoms with van der Waals surface area (Å²) in [6, 6.07) is 10.2. The summed E-state index contributed by atoms with van der Waals surface area (Å²) in [5, 5.41) is 5.70. The van der Waals surface area contributed by atoms with Gasteiger partial charge in [-0.3, -0.25) is 0 Å². The number of morpholine rings is 2. The average Bonchev–Trinajstić information content (AvgIpc) is 2.82. The molecule has 1 aromatic heterocycles. The number of pyridine rings is 1. The molecule has 3 heterocycles. The van der Waals surface area contributed by atoms with Crippen LogP contribution in [0.25, 0.3) is 0 Å². The van der Waals surface area contributed by atoms with Gasteiger partial charge in [-0.2, -0.15) is 0 Å². The van der Waals surface area contributed by atoms with Crippen molar-refractivity contribution in [3.8, 4) is 11.6 Å². The lowest BCUT2D eigenvalue weighted by Gasteiger charge is -2.27. The van der Waals surface area contributed by atoms with Gasteiger partial charge in [0.15, 0.2) is 5.75 Å². The molecule has 2 aliphatic heterocycles. The van der Waals surface area contributed by atoms with Gasteiger partial charge >= 0.3 is 12.1 Å². The van der Waals surface area contributed by atoms with Gasteiger partial charge < -0.3 is 34.6 Å². The van der Waals surface area contributed by atoms with Crippen molar-refractivity contribution in [1.29, 1.82) is 0 Å². The lowest BCUT2D eigenvalue weighted by molar-refractivity contribution is 0.0564. The minimum atomic E-state index is -0.200. The molecule has 31 heavy (non-hydrogen) atoms. The smallest absolute Gasteiger partial charge is 0.322 e. The molecule has 1 aromatic carbocycles. The number of ether oxygens (including phenoxy) is 3. The largest absolute Gasteiger partial charge is 0.437 e. The molecule has 0 aliphatic carbocycles. The zero-order valence-electron chi connectivity index (χ0n) is 17.1. The van der Waals surface area contributed by atoms with Crippen LogP contribution in [0, 0.1) is 0 Å². The normalized spacial score (nSPS) is 16.5. The van der Waals surface area contributed by atoms with Crippen LogP contribution in [-0.2, 0) is 9.47 Å². The van der Waals surface area contributed by atoms with E-state index in [1.807, 2.05) is 12.1 Å². The fraction of sp³-hybridized carbons (Fsp3) is 0.381. The Kier molecular flexibility index (Phi) is 6.80. The van der Waals surface area contributed by atoms with Crippen molar-refractivity contribution in [2.75, 3.05) is 63.2 Å². The van der Waals surface area contributed by atoms with E-state index in [1.165, 1.54) is 6.20 Å². The molecular weight excluding hydrogens is 402 g/mol. The second kappa shape index (κ2) is 10.1. The number of nitrogens with one attached hydrogen (secondary N) is 2. The third-order valence-electron chi connectivity index (χ3n) is 4.93. The Bertz CT molecular complexity index is 895. The van der Waals surface area contributed by atoms with Crippen molar-refractivity contribution in [1.82, 2.24) is 14.8 Å². The summed E-state index contributed by atoms with van der Waals surface area (Å²) in [6.45, 7) is 4.37. The number of aromatic nitrogens is 1. The molecule has 2 aliphatic rings. The maximum Gasteiger partial charge on any atom is 0.322 e. The van der Waals surface area contributed by atoms with Crippen molar-refractivity contribution in [3.05, 3.63) is 42.6 Å². The highest BCUT2D eigenvalue weighted by Gasteiger charge is 2.19. The van der Waals surface area contributed by atoms with Crippen LogP contribution in [0.15, 0.2) is 42.6 Å². The van der Waals surface area contributed by atoms with Crippen LogP contribution >= 0.6 is 0 Å². The summed E-state index contributed by atoms with van der Waals surface area (Å²) in [4.78, 5) is 32.4. The predicted molar refractivity (Wildman–Crippen MR) is 114 cm³/mol. The predicted octanol–water partition coefficient (Wildman–Crippen LogP) is 2.60. The van der Waals surface area contributed by atoms with Crippen molar-refractivity contribution < 1.29 is 23.8 Å². The van der Waals surface area contributed by atoms with Crippen LogP contribution in [0.1, 0.15) is 0 Å². The van der Waals surface area contributed by atoms with Gasteiger partial charge in [0, 0.05) is 32.2 Å². The maximum atomic E-state index is 12.5. The molecule has 2 N–H and O–H groups in total. The Labute approximate surface area is 180 Å². The number of anilines is 2. The Balaban J connectivity index is 1.36. The molecule has 0 unspecified atom stereocenters. The first-order valence-corrected chi connectivity index (χ1v) is 10.2. The molecule has 4 amide bonds. The van der Waals surface area contributed by atoms with Gasteiger partial charge in [0.1, 0.15) is 0 Å². The average molecular weight is 427 g/mol. The fourth-order valence-electron chi connectivity index (χ4n) is 3.22. The lowest BCUT2D eigenvalue weighted by atomic mass is 10.3. The van der Waals surface area contributed by atoms with Crippen LogP contribution in [0.5, 0.6) is 11.6 Å². The first-order chi connectivity index (χ1) is 15.2. The summed E-state index contributed by atoms with van der Waals surface area (Å²) in [5.41, 5.74) is 1.11. The summed E-state index contributed by atoms with van der Waals surface area (Å²) in [7, 11) is 0. The second-order valence-electron chi connectivity index (χ2n) is 7.04. The topological polar surface area (TPSA) is 105 Å². The quantitative estimate of drug-likeness (QED) is 0.777. The number of carbonyl (C=O) groups is 2. The molecule has 0 atom stereocenters. The molecule has 2 saturated heterocycles. The fourth-order valence-corrected chi connectivity index (χ4v) is 3.22. The molecule has 0 spiro atoms. The van der Waals surface area contributed by atoms with Crippen LogP contribution < -0.4 is 15.4 Å². The number of para-hydroxylation sites is 2. The van der Waals surface area contributed by atoms with E-state index in [9.17, 15) is 9.59 Å². The third-order valence-corrected chi connectivity index (χ3v) is 4.93. The van der Waals surface area contributed by atoms with Crippen molar-refractivity contribution >= 4 is 23.4 Å². The Hall–Kier alpha value is -3.37. The second-order valence-corrected chi connectivity index (χ2v) is 7.04. The molecule has 0 bridgehead atoms. The summed E-state index contributed by atoms with van der Waals surface area (Å²) >= 11 is 0. The van der Waals surface area contributed by atoms with Gasteiger partial charge in [-0.15, -0.1) is 0 Å². The Morgan fingerprint density at radius 3 is 2.06 bits per heavy atom. The minimum Gasteiger partial charge on any atom is -0.437 e. The SMILES string of the molecule is O=C(Nc1ccc(Oc2ccccc2NC(=O)N2CCOCC2)nc1)N1CCOCC1. The van der Waals surface area contributed by atoms with E-state index in [0.29, 0.717) is 75.6 Å². The van der Waals surface area contributed by atoms with Gasteiger partial charge in [-0.25, -0.2) is 14.6 Å². The number of urea groups is 2. The van der Waals surface area contributed by atoms with Crippen molar-refractivity contribution in [3.63, 3.8) is 0 Å². The Morgan fingerprint density at radius 2 is 1.45 bits per heavy atom. The van der Waals surface area contributed by atoms with E-state index in [1.54, 1.807) is 34.1 Å². The molecule has 2 aromatic rings. The highest BCUT2D eigenvalue weighted by Crippen LogP contribution is 2.29. The van der Waals surface area contributed by atoms with Crippen molar-refractivity contribution in [2.45, 2.75) is 0 Å². The zero-order chi connectivity index (χ0) is 21.5. The first-order valence-electron chi connectivity index (χ1n) is 10.2. The monoisotopic (exact) mass is 427 g/mol. The summed E-state index contributed by atoms with van der Waals surface area (Å²) in [6.07, 6.45) is 1.53. The van der Waals surface area contributed by atoms with E-state index in [4.69, 9.17) is 14.2 Å². The van der Waals surface area contributed by atoms with Crippen LogP contribution in [-0.4, -0.2) is 79.5 Å². The lowest BCUT2D eigenvalue weighted by Crippen LogP contribution is -2.43. The van der Waals surface area contributed by atoms with E-state index >= 15 is 0 Å². The molecular formula is C21H25N5O5. The highest BCUT2D eigenvalue weighted by molar-refractivity contribution is 5.91. The third kappa shape index (κ3) is 5.62. The minimum absolute atomic E-state index is 0.185. The molecule has 4 rings (SSSR count). The summed E-state index contributed by atoms with van der Waals surface area (Å²) < 4.78 is 16.4. The number of amides is 4. The van der Waals surface area contributed by atoms with Gasteiger partial charge in [-0.05, 0) is 18.2 Å². The van der Waals surface area contributed by atoms with E-state index < -0.39 is 0 Å². The van der Waals surface area contributed by atoms with E-state index in [0.717, 1.165) is 0 Å². The zero-order valence-corrected chi connectivity index (χ0v) is 17.1. The molecule has 164 valence electrons. The number of nitrogens with zero attached hydrogens (tertiary/aromatic N) is 3. The van der Waals surface area contributed by atoms with Crippen LogP contribution in [0.3, 0.4) is 0 Å². The van der Waals surface area contributed by atoms with Crippen LogP contribution in [0.4, 0.5) is 21.0 Å². The van der Waals surface area contributed by atoms with Gasteiger partial charge in [0.25, 0.3) is 0 Å². The first kappa shape index (κ1) is 20.9. The molecule has 10 nitrogen and oxygen atoms in total. The summed E-state index contributed by atoms with van der Waals surface area (Å²) in [5.74, 6) is 0.819. The standard InChI is InChI=1S/C21H25N5O5/c27-20(25-7-11-29-12-8-25)23-16-5-6-19(22-15-16)31-18-4-2-1-3-17(18)24-21(28)26-9-13-30-14-10-26/h1-6,15H,7-14H2,(H,23,27)(H,24,28). The van der Waals surface area contributed by atoms with Gasteiger partial charge in [-0.1, -0.05) is 12.1 Å². The van der Waals surface area contributed by atoms with Gasteiger partial charge in [0.05, 0.1) is 44.0 Å². The highest BCUT2D eigenvalue weighted by atomic mass is 16.5. The number of hydrogen-bond donors (Lipinski definition) is 2. The van der Waals surface area contributed by atoms with E-state index in [-0.39, 0.29) is 12.1 Å². The van der Waals surface area contributed by atoms with Crippen LogP contribution in [0.2, 0.25) is 0 Å². The Morgan fingerprint density at radius 1 is 0.839 bits per heavy atom. The molecule has 0 saturated carbocycles. The van der Waals surface area contributed by atoms with E-state index in [2.05, 4.69) is 15.6 Å². The molecule has 10 heteroatoms. The number of carbonyl (C=O) groups excluding carboxylic acids is 2. The maximum absolute atomic E-state index is 12.5. The van der Waals surface area contributed by atoms with Crippen molar-refractivity contribution in [2.24, 2.45) is 0 Å². The van der Waals surface area contributed by atoms with Gasteiger partial charge in [0.2, 0.25) is 5.88 Å². The number of hydrogen-bond acceptors (Lipinski definition) is 6. The number of rotatable bonds is 4. The number of benzene rings is 1. The molecule has 0 radical (unpaired) electrons. The molecule has 2 fully saturated rings.